The topological polar surface area (TPSA) is 46.5 Å². The average Bonchev–Trinajstić information content (AvgIpc) is 2.55. The Labute approximate surface area is 71.4 Å². The van der Waals surface area contributed by atoms with Crippen LogP contribution in [0.3, 0.4) is 0 Å². The first-order valence-corrected chi connectivity index (χ1v) is 3.85. The van der Waals surface area contributed by atoms with Crippen molar-refractivity contribution in [1.29, 1.82) is 0 Å². The molecule has 5 heteroatoms. The molecule has 0 unspecified atom stereocenters. The summed E-state index contributed by atoms with van der Waals surface area (Å²) in [5.41, 5.74) is 0. The highest BCUT2D eigenvalue weighted by molar-refractivity contribution is 9.10. The first-order chi connectivity index (χ1) is 5.36. The molecule has 0 aliphatic rings. The van der Waals surface area contributed by atoms with Crippen LogP contribution in [0.5, 0.6) is 0 Å². The van der Waals surface area contributed by atoms with Gasteiger partial charge < -0.3 is 0 Å². The fourth-order valence-electron chi connectivity index (χ4n) is 0.809. The van der Waals surface area contributed by atoms with Gasteiger partial charge in [-0.25, -0.2) is 4.68 Å². The van der Waals surface area contributed by atoms with Gasteiger partial charge in [-0.2, -0.15) is 10.2 Å². The zero-order valence-corrected chi connectivity index (χ0v) is 7.12. The first kappa shape index (κ1) is 6.60. The largest absolute Gasteiger partial charge is 0.261 e. The number of hydrogen-bond donors (Lipinski definition) is 1. The molecule has 2 aromatic heterocycles. The van der Waals surface area contributed by atoms with Gasteiger partial charge >= 0.3 is 0 Å². The molecule has 2 heterocycles. The SMILES string of the molecule is Brc1cnn(-c2ccn[nH]2)c1. The second kappa shape index (κ2) is 2.50. The van der Waals surface area contributed by atoms with Crippen LogP contribution < -0.4 is 0 Å². The van der Waals surface area contributed by atoms with Crippen molar-refractivity contribution in [3.63, 3.8) is 0 Å². The van der Waals surface area contributed by atoms with E-state index in [-0.39, 0.29) is 0 Å². The van der Waals surface area contributed by atoms with E-state index < -0.39 is 0 Å². The van der Waals surface area contributed by atoms with Crippen LogP contribution in [-0.2, 0) is 0 Å². The predicted molar refractivity (Wildman–Crippen MR) is 43.4 cm³/mol. The number of hydrogen-bond acceptors (Lipinski definition) is 2. The van der Waals surface area contributed by atoms with Crippen molar-refractivity contribution in [2.45, 2.75) is 0 Å². The van der Waals surface area contributed by atoms with Crippen LogP contribution in [0.2, 0.25) is 0 Å². The highest BCUT2D eigenvalue weighted by Gasteiger charge is 1.97. The Morgan fingerprint density at radius 3 is 3.00 bits per heavy atom. The summed E-state index contributed by atoms with van der Waals surface area (Å²) in [7, 11) is 0. The van der Waals surface area contributed by atoms with E-state index in [9.17, 15) is 0 Å². The van der Waals surface area contributed by atoms with Crippen LogP contribution in [0.15, 0.2) is 29.1 Å². The Morgan fingerprint density at radius 1 is 1.55 bits per heavy atom. The maximum absolute atomic E-state index is 4.06. The maximum atomic E-state index is 4.06. The van der Waals surface area contributed by atoms with E-state index in [0.29, 0.717) is 0 Å². The smallest absolute Gasteiger partial charge is 0.149 e. The molecule has 0 atom stereocenters. The maximum Gasteiger partial charge on any atom is 0.149 e. The van der Waals surface area contributed by atoms with Crippen LogP contribution >= 0.6 is 15.9 Å². The summed E-state index contributed by atoms with van der Waals surface area (Å²) in [4.78, 5) is 0. The van der Waals surface area contributed by atoms with Gasteiger partial charge in [-0.3, -0.25) is 5.10 Å². The Balaban J connectivity index is 2.45. The highest BCUT2D eigenvalue weighted by Crippen LogP contribution is 2.09. The van der Waals surface area contributed by atoms with E-state index in [4.69, 9.17) is 0 Å². The van der Waals surface area contributed by atoms with Crippen molar-refractivity contribution < 1.29 is 0 Å². The molecule has 0 radical (unpaired) electrons. The molecule has 0 saturated carbocycles. The van der Waals surface area contributed by atoms with Crippen molar-refractivity contribution in [3.8, 4) is 5.82 Å². The lowest BCUT2D eigenvalue weighted by Crippen LogP contribution is -1.93. The summed E-state index contributed by atoms with van der Waals surface area (Å²) in [6, 6.07) is 1.85. The number of aromatic nitrogens is 4. The molecule has 4 nitrogen and oxygen atoms in total. The van der Waals surface area contributed by atoms with Crippen molar-refractivity contribution in [3.05, 3.63) is 29.1 Å². The fourth-order valence-corrected chi connectivity index (χ4v) is 1.09. The molecule has 0 amide bonds. The fraction of sp³-hybridized carbons (Fsp3) is 0. The van der Waals surface area contributed by atoms with Crippen molar-refractivity contribution in [2.75, 3.05) is 0 Å². The molecule has 1 N–H and O–H groups in total. The standard InChI is InChI=1S/C6H5BrN4/c7-5-3-9-11(4-5)6-1-2-8-10-6/h1-4H,(H,8,10). The molecule has 0 saturated heterocycles. The monoisotopic (exact) mass is 212 g/mol. The summed E-state index contributed by atoms with van der Waals surface area (Å²) in [6.45, 7) is 0. The van der Waals surface area contributed by atoms with E-state index in [1.165, 1.54) is 0 Å². The third kappa shape index (κ3) is 1.19. The quantitative estimate of drug-likeness (QED) is 0.777. The summed E-state index contributed by atoms with van der Waals surface area (Å²) in [5.74, 6) is 0.857. The predicted octanol–water partition coefficient (Wildman–Crippen LogP) is 1.36. The average molecular weight is 213 g/mol. The van der Waals surface area contributed by atoms with Gasteiger partial charge in [0, 0.05) is 12.3 Å². The summed E-state index contributed by atoms with van der Waals surface area (Å²) < 4.78 is 2.66. The third-order valence-electron chi connectivity index (χ3n) is 1.28. The first-order valence-electron chi connectivity index (χ1n) is 3.06. The number of aromatic amines is 1. The molecule has 0 aromatic carbocycles. The second-order valence-corrected chi connectivity index (χ2v) is 2.96. The molecular weight excluding hydrogens is 208 g/mol. The van der Waals surface area contributed by atoms with Crippen molar-refractivity contribution in [1.82, 2.24) is 20.0 Å². The molecule has 2 aromatic rings. The Hall–Kier alpha value is -1.10. The number of nitrogens with zero attached hydrogens (tertiary/aromatic N) is 3. The van der Waals surface area contributed by atoms with E-state index in [0.717, 1.165) is 10.3 Å². The zero-order valence-electron chi connectivity index (χ0n) is 5.53. The minimum atomic E-state index is 0.857. The van der Waals surface area contributed by atoms with Crippen LogP contribution in [0.4, 0.5) is 0 Å². The third-order valence-corrected chi connectivity index (χ3v) is 1.69. The molecule has 0 fully saturated rings. The van der Waals surface area contributed by atoms with Gasteiger partial charge in [-0.1, -0.05) is 0 Å². The molecule has 2 rings (SSSR count). The molecule has 0 aliphatic carbocycles. The molecule has 0 bridgehead atoms. The van der Waals surface area contributed by atoms with Gasteiger partial charge in [0.05, 0.1) is 16.9 Å². The van der Waals surface area contributed by atoms with E-state index in [1.54, 1.807) is 17.1 Å². The van der Waals surface area contributed by atoms with E-state index in [1.807, 2.05) is 12.3 Å². The van der Waals surface area contributed by atoms with Crippen molar-refractivity contribution >= 4 is 15.9 Å². The van der Waals surface area contributed by atoms with Gasteiger partial charge in [0.25, 0.3) is 0 Å². The lowest BCUT2D eigenvalue weighted by atomic mass is 10.6. The van der Waals surface area contributed by atoms with Crippen LogP contribution in [-0.4, -0.2) is 20.0 Å². The van der Waals surface area contributed by atoms with Crippen LogP contribution in [0, 0.1) is 0 Å². The Bertz CT molecular complexity index is 337. The summed E-state index contributed by atoms with van der Waals surface area (Å²) in [5, 5.41) is 10.7. The summed E-state index contributed by atoms with van der Waals surface area (Å²) in [6.07, 6.45) is 5.26. The molecular formula is C6H5BrN4. The minimum Gasteiger partial charge on any atom is -0.261 e. The van der Waals surface area contributed by atoms with Gasteiger partial charge in [0.1, 0.15) is 5.82 Å². The normalized spacial score (nSPS) is 10.3. The molecule has 56 valence electrons. The Kier molecular flexibility index (Phi) is 1.50. The molecule has 0 spiro atoms. The highest BCUT2D eigenvalue weighted by atomic mass is 79.9. The number of H-pyrrole nitrogens is 1. The molecule has 11 heavy (non-hydrogen) atoms. The summed E-state index contributed by atoms with van der Waals surface area (Å²) >= 11 is 3.30. The Morgan fingerprint density at radius 2 is 2.45 bits per heavy atom. The van der Waals surface area contributed by atoms with Gasteiger partial charge in [-0.05, 0) is 15.9 Å². The lowest BCUT2D eigenvalue weighted by molar-refractivity contribution is 0.836. The minimum absolute atomic E-state index is 0.857. The zero-order chi connectivity index (χ0) is 7.68. The number of nitrogens with one attached hydrogen (secondary N) is 1. The van der Waals surface area contributed by atoms with Crippen LogP contribution in [0.1, 0.15) is 0 Å². The lowest BCUT2D eigenvalue weighted by Gasteiger charge is -1.91. The van der Waals surface area contributed by atoms with Gasteiger partial charge in [0.15, 0.2) is 0 Å². The van der Waals surface area contributed by atoms with Gasteiger partial charge in [0.2, 0.25) is 0 Å². The van der Waals surface area contributed by atoms with Gasteiger partial charge in [-0.15, -0.1) is 0 Å². The van der Waals surface area contributed by atoms with Crippen LogP contribution in [0.25, 0.3) is 5.82 Å². The van der Waals surface area contributed by atoms with E-state index in [2.05, 4.69) is 31.2 Å². The van der Waals surface area contributed by atoms with Crippen molar-refractivity contribution in [2.24, 2.45) is 0 Å². The second-order valence-electron chi connectivity index (χ2n) is 2.05. The number of halogens is 1. The number of rotatable bonds is 1. The van der Waals surface area contributed by atoms with E-state index >= 15 is 0 Å². The molecule has 0 aliphatic heterocycles.